The lowest BCUT2D eigenvalue weighted by Gasteiger charge is -2.35. The first-order valence-electron chi connectivity index (χ1n) is 12.5. The molecule has 2 heterocycles. The number of rotatable bonds is 7. The van der Waals surface area contributed by atoms with Crippen LogP contribution in [-0.2, 0) is 27.9 Å². The van der Waals surface area contributed by atoms with Crippen LogP contribution in [0.25, 0.3) is 10.8 Å². The van der Waals surface area contributed by atoms with Crippen molar-refractivity contribution in [2.45, 2.75) is 51.0 Å². The zero-order valence-corrected chi connectivity index (χ0v) is 23.7. The number of methoxy groups -OCH3 is 1. The molecule has 0 aromatic heterocycles. The van der Waals surface area contributed by atoms with E-state index in [4.69, 9.17) is 18.5 Å². The first-order chi connectivity index (χ1) is 18.4. The quantitative estimate of drug-likeness (QED) is 0.274. The number of carbonyl (C=O) groups is 4. The van der Waals surface area contributed by atoms with Crippen molar-refractivity contribution in [2.24, 2.45) is 5.92 Å². The van der Waals surface area contributed by atoms with Crippen LogP contribution in [0, 0.1) is 5.92 Å². The molecule has 3 atom stereocenters. The number of benzene rings is 2. The number of hydrogen-bond acceptors (Lipinski definition) is 9. The van der Waals surface area contributed by atoms with Crippen molar-refractivity contribution in [1.82, 2.24) is 9.80 Å². The Labute approximate surface area is 226 Å². The number of likely N-dealkylation sites (tertiary alicyclic amines) is 1. The molecule has 0 N–H and O–H groups in total. The highest BCUT2D eigenvalue weighted by Gasteiger charge is 2.57. The Morgan fingerprint density at radius 2 is 1.54 bits per heavy atom. The van der Waals surface area contributed by atoms with E-state index in [9.17, 15) is 23.7 Å². The summed E-state index contributed by atoms with van der Waals surface area (Å²) in [7, 11) is -0.441. The number of esters is 1. The number of carbonyl (C=O) groups excluding carboxylic acids is 4. The first kappa shape index (κ1) is 28.7. The third-order valence-electron chi connectivity index (χ3n) is 7.06. The Morgan fingerprint density at radius 1 is 0.974 bits per heavy atom. The minimum Gasteiger partial charge on any atom is -0.467 e. The second-order valence-corrected chi connectivity index (χ2v) is 12.8. The summed E-state index contributed by atoms with van der Waals surface area (Å²) in [5.41, 5.74) is -0.0909. The van der Waals surface area contributed by atoms with Gasteiger partial charge in [0.15, 0.2) is 0 Å². The van der Waals surface area contributed by atoms with Crippen LogP contribution in [0.15, 0.2) is 36.4 Å². The molecule has 2 aromatic carbocycles. The van der Waals surface area contributed by atoms with Crippen LogP contribution in [0.2, 0.25) is 0 Å². The zero-order chi connectivity index (χ0) is 28.7. The maximum Gasteiger partial charge on any atom is 0.411 e. The van der Waals surface area contributed by atoms with Crippen LogP contribution in [0.1, 0.15) is 54.3 Å². The third-order valence-corrected chi connectivity index (χ3v) is 9.39. The summed E-state index contributed by atoms with van der Waals surface area (Å²) in [5.74, 6) is -3.51. The molecule has 210 valence electrons. The van der Waals surface area contributed by atoms with Crippen LogP contribution in [0.3, 0.4) is 0 Å². The van der Waals surface area contributed by atoms with Crippen molar-refractivity contribution in [3.8, 4) is 0 Å². The largest absolute Gasteiger partial charge is 0.467 e. The van der Waals surface area contributed by atoms with Crippen LogP contribution < -0.4 is 0 Å². The van der Waals surface area contributed by atoms with Gasteiger partial charge in [0.05, 0.1) is 7.11 Å². The molecule has 11 nitrogen and oxygen atoms in total. The van der Waals surface area contributed by atoms with Gasteiger partial charge < -0.3 is 18.5 Å². The van der Waals surface area contributed by atoms with Gasteiger partial charge in [0.2, 0.25) is 0 Å². The fourth-order valence-electron chi connectivity index (χ4n) is 5.38. The monoisotopic (exact) mass is 560 g/mol. The highest BCUT2D eigenvalue weighted by molar-refractivity contribution is 7.54. The van der Waals surface area contributed by atoms with E-state index in [0.717, 1.165) is 15.2 Å². The number of hydrogen-bond donors (Lipinski definition) is 0. The molecule has 2 aromatic rings. The maximum atomic E-state index is 13.8. The predicted octanol–water partition coefficient (Wildman–Crippen LogP) is 4.44. The van der Waals surface area contributed by atoms with Crippen molar-refractivity contribution >= 4 is 42.2 Å². The standard InChI is InChI=1S/C27H33N2O9P/c1-27(2,3)38-26(33)29-20(25(32)35-4)15-17(24(29)39(34,36-5)37-6)13-14-28-22(30)18-11-7-9-16-10-8-12-19(21(16)18)23(28)31/h7-12,17,20,24H,13-15H2,1-6H3/t17-,20-,24+/m0/s1. The smallest absolute Gasteiger partial charge is 0.411 e. The lowest BCUT2D eigenvalue weighted by atomic mass is 9.93. The molecule has 0 radical (unpaired) electrons. The second-order valence-electron chi connectivity index (χ2n) is 10.5. The van der Waals surface area contributed by atoms with Crippen molar-refractivity contribution in [3.63, 3.8) is 0 Å². The summed E-state index contributed by atoms with van der Waals surface area (Å²) in [4.78, 5) is 55.1. The molecule has 0 bridgehead atoms. The summed E-state index contributed by atoms with van der Waals surface area (Å²) in [5, 5.41) is 1.40. The molecular weight excluding hydrogens is 527 g/mol. The average molecular weight is 561 g/mol. The molecule has 12 heteroatoms. The zero-order valence-electron chi connectivity index (χ0n) is 22.8. The minimum absolute atomic E-state index is 0.0374. The van der Waals surface area contributed by atoms with E-state index in [2.05, 4.69) is 0 Å². The van der Waals surface area contributed by atoms with Crippen molar-refractivity contribution in [2.75, 3.05) is 27.9 Å². The third kappa shape index (κ3) is 5.18. The number of imide groups is 1. The average Bonchev–Trinajstić information content (AvgIpc) is 3.30. The van der Waals surface area contributed by atoms with Gasteiger partial charge in [0.1, 0.15) is 17.4 Å². The molecule has 0 unspecified atom stereocenters. The lowest BCUT2D eigenvalue weighted by molar-refractivity contribution is -0.145. The van der Waals surface area contributed by atoms with Gasteiger partial charge in [-0.05, 0) is 57.0 Å². The van der Waals surface area contributed by atoms with E-state index in [1.807, 2.05) is 12.1 Å². The van der Waals surface area contributed by atoms with Crippen LogP contribution in [0.5, 0.6) is 0 Å². The van der Waals surface area contributed by atoms with E-state index in [1.54, 1.807) is 45.0 Å². The molecule has 4 rings (SSSR count). The molecule has 0 saturated carbocycles. The molecule has 3 amide bonds. The fourth-order valence-corrected chi connectivity index (χ4v) is 7.30. The fraction of sp³-hybridized carbons (Fsp3) is 0.481. The Bertz CT molecular complexity index is 1310. The highest BCUT2D eigenvalue weighted by Crippen LogP contribution is 2.60. The van der Waals surface area contributed by atoms with E-state index in [1.165, 1.54) is 21.3 Å². The normalized spacial score (nSPS) is 21.4. The Hall–Kier alpha value is -3.27. The number of nitrogens with zero attached hydrogens (tertiary/aromatic N) is 2. The topological polar surface area (TPSA) is 129 Å². The molecule has 2 aliphatic heterocycles. The Kier molecular flexibility index (Phi) is 7.89. The molecule has 1 fully saturated rings. The maximum absolute atomic E-state index is 13.8. The molecule has 0 spiro atoms. The Balaban J connectivity index is 1.68. The summed E-state index contributed by atoms with van der Waals surface area (Å²) in [6.07, 6.45) is -0.732. The van der Waals surface area contributed by atoms with Crippen LogP contribution >= 0.6 is 7.60 Å². The van der Waals surface area contributed by atoms with Crippen molar-refractivity contribution in [1.29, 1.82) is 0 Å². The van der Waals surface area contributed by atoms with Crippen LogP contribution in [0.4, 0.5) is 4.79 Å². The van der Waals surface area contributed by atoms with Gasteiger partial charge in [-0.15, -0.1) is 0 Å². The molecular formula is C27H33N2O9P. The van der Waals surface area contributed by atoms with Gasteiger partial charge in [0.25, 0.3) is 11.8 Å². The van der Waals surface area contributed by atoms with Gasteiger partial charge in [-0.3, -0.25) is 24.0 Å². The number of ether oxygens (including phenoxy) is 2. The molecule has 39 heavy (non-hydrogen) atoms. The van der Waals surface area contributed by atoms with Gasteiger partial charge >= 0.3 is 19.7 Å². The SMILES string of the molecule is COC(=O)[C@@H]1C[C@H](CCN2C(=O)c3cccc4cccc(c34)C2=O)[C@@H](P(=O)(OC)OC)N1C(=O)OC(C)(C)C. The van der Waals surface area contributed by atoms with E-state index in [-0.39, 0.29) is 19.4 Å². The van der Waals surface area contributed by atoms with Gasteiger partial charge in [-0.2, -0.15) is 0 Å². The van der Waals surface area contributed by atoms with Crippen molar-refractivity contribution in [3.05, 3.63) is 47.5 Å². The first-order valence-corrected chi connectivity index (χ1v) is 14.2. The lowest BCUT2D eigenvalue weighted by Crippen LogP contribution is -2.48. The minimum atomic E-state index is -4.01. The van der Waals surface area contributed by atoms with Gasteiger partial charge in [0, 0.05) is 37.3 Å². The molecule has 2 aliphatic rings. The van der Waals surface area contributed by atoms with E-state index < -0.39 is 54.8 Å². The molecule has 1 saturated heterocycles. The van der Waals surface area contributed by atoms with E-state index in [0.29, 0.717) is 16.5 Å². The summed E-state index contributed by atoms with van der Waals surface area (Å²) in [6, 6.07) is 9.41. The van der Waals surface area contributed by atoms with Crippen molar-refractivity contribution < 1.29 is 42.3 Å². The van der Waals surface area contributed by atoms with Gasteiger partial charge in [-0.1, -0.05) is 24.3 Å². The van der Waals surface area contributed by atoms with E-state index >= 15 is 0 Å². The number of amides is 3. The second kappa shape index (κ2) is 10.7. The summed E-state index contributed by atoms with van der Waals surface area (Å²) in [6.45, 7) is 4.95. The highest BCUT2D eigenvalue weighted by atomic mass is 31.2. The van der Waals surface area contributed by atoms with Crippen LogP contribution in [-0.4, -0.2) is 79.0 Å². The predicted molar refractivity (Wildman–Crippen MR) is 141 cm³/mol. The van der Waals surface area contributed by atoms with Gasteiger partial charge in [-0.25, -0.2) is 9.59 Å². The molecule has 0 aliphatic carbocycles. The summed E-state index contributed by atoms with van der Waals surface area (Å²) >= 11 is 0. The Morgan fingerprint density at radius 3 is 2.03 bits per heavy atom. The summed E-state index contributed by atoms with van der Waals surface area (Å²) < 4.78 is 34.8.